The Morgan fingerprint density at radius 1 is 1.07 bits per heavy atom. The van der Waals surface area contributed by atoms with Crippen LogP contribution in [-0.2, 0) is 10.0 Å². The van der Waals surface area contributed by atoms with Gasteiger partial charge in [0.05, 0.1) is 10.6 Å². The van der Waals surface area contributed by atoms with Gasteiger partial charge in [-0.25, -0.2) is 13.4 Å². The Morgan fingerprint density at radius 3 is 2.45 bits per heavy atom. The van der Waals surface area contributed by atoms with Crippen molar-refractivity contribution in [3.63, 3.8) is 0 Å². The van der Waals surface area contributed by atoms with Crippen LogP contribution in [-0.4, -0.2) is 18.6 Å². The van der Waals surface area contributed by atoms with Crippen LogP contribution in [0, 0.1) is 6.92 Å². The van der Waals surface area contributed by atoms with Crippen molar-refractivity contribution in [3.05, 3.63) is 70.8 Å². The van der Waals surface area contributed by atoms with E-state index in [0.717, 1.165) is 16.9 Å². The fraction of sp³-hybridized carbons (Fsp3) is 0.0526. The van der Waals surface area contributed by atoms with Crippen molar-refractivity contribution < 1.29 is 12.9 Å². The summed E-state index contributed by atoms with van der Waals surface area (Å²) in [6, 6.07) is 15.3. The molecule has 2 aromatic carbocycles. The van der Waals surface area contributed by atoms with Crippen LogP contribution in [0.4, 0.5) is 16.6 Å². The minimum Gasteiger partial charge on any atom is -0.360 e. The molecule has 0 aliphatic heterocycles. The molecule has 4 aromatic rings. The maximum atomic E-state index is 12.4. The van der Waals surface area contributed by atoms with E-state index in [-0.39, 0.29) is 10.7 Å². The van der Waals surface area contributed by atoms with E-state index >= 15 is 0 Å². The van der Waals surface area contributed by atoms with Gasteiger partial charge in [0.25, 0.3) is 10.0 Å². The van der Waals surface area contributed by atoms with E-state index < -0.39 is 10.0 Å². The van der Waals surface area contributed by atoms with Gasteiger partial charge in [0.1, 0.15) is 5.76 Å². The number of rotatable bonds is 6. The first kappa shape index (κ1) is 19.4. The van der Waals surface area contributed by atoms with Gasteiger partial charge in [-0.3, -0.25) is 4.72 Å². The SMILES string of the molecule is Cc1cc(NS(=O)(=O)c2ccc(Nc3nc(-c4ccc(Cl)cc4)cs3)cc2)no1. The number of benzene rings is 2. The van der Waals surface area contributed by atoms with Crippen molar-refractivity contribution in [2.24, 2.45) is 0 Å². The average molecular weight is 447 g/mol. The van der Waals surface area contributed by atoms with Crippen LogP contribution in [0.25, 0.3) is 11.3 Å². The molecule has 0 radical (unpaired) electrons. The number of aromatic nitrogens is 2. The van der Waals surface area contributed by atoms with Crippen LogP contribution in [0.1, 0.15) is 5.76 Å². The third-order valence-corrected chi connectivity index (χ3v) is 6.31. The van der Waals surface area contributed by atoms with Gasteiger partial charge < -0.3 is 9.84 Å². The lowest BCUT2D eigenvalue weighted by atomic mass is 10.2. The number of halogens is 1. The number of anilines is 3. The summed E-state index contributed by atoms with van der Waals surface area (Å²) in [4.78, 5) is 4.67. The highest BCUT2D eigenvalue weighted by Gasteiger charge is 2.16. The fourth-order valence-electron chi connectivity index (χ4n) is 2.54. The van der Waals surface area contributed by atoms with E-state index in [9.17, 15) is 8.42 Å². The zero-order valence-corrected chi connectivity index (χ0v) is 17.5. The predicted octanol–water partition coefficient (Wildman–Crippen LogP) is 5.30. The number of sulfonamides is 1. The molecular formula is C19H15ClN4O3S2. The van der Waals surface area contributed by atoms with Crippen molar-refractivity contribution in [1.29, 1.82) is 0 Å². The predicted molar refractivity (Wildman–Crippen MR) is 114 cm³/mol. The van der Waals surface area contributed by atoms with E-state index in [1.807, 2.05) is 29.6 Å². The first-order valence-corrected chi connectivity index (χ1v) is 11.2. The lowest BCUT2D eigenvalue weighted by Gasteiger charge is -2.07. The third kappa shape index (κ3) is 4.58. The Morgan fingerprint density at radius 2 is 1.79 bits per heavy atom. The number of nitrogens with one attached hydrogen (secondary N) is 2. The molecule has 2 N–H and O–H groups in total. The highest BCUT2D eigenvalue weighted by atomic mass is 35.5. The van der Waals surface area contributed by atoms with E-state index in [1.165, 1.54) is 29.5 Å². The molecule has 0 aliphatic carbocycles. The molecule has 4 rings (SSSR count). The molecule has 0 aliphatic rings. The Hall–Kier alpha value is -2.88. The maximum Gasteiger partial charge on any atom is 0.263 e. The summed E-state index contributed by atoms with van der Waals surface area (Å²) in [6.45, 7) is 1.68. The van der Waals surface area contributed by atoms with Gasteiger partial charge in [0.2, 0.25) is 0 Å². The topological polar surface area (TPSA) is 97.1 Å². The van der Waals surface area contributed by atoms with E-state index in [4.69, 9.17) is 16.1 Å². The molecule has 0 spiro atoms. The molecule has 0 amide bonds. The summed E-state index contributed by atoms with van der Waals surface area (Å²) in [5.74, 6) is 0.658. The summed E-state index contributed by atoms with van der Waals surface area (Å²) in [5.41, 5.74) is 2.52. The quantitative estimate of drug-likeness (QED) is 0.417. The van der Waals surface area contributed by atoms with E-state index in [0.29, 0.717) is 15.9 Å². The summed E-state index contributed by atoms with van der Waals surface area (Å²) in [6.07, 6.45) is 0. The minimum atomic E-state index is -3.75. The molecule has 29 heavy (non-hydrogen) atoms. The fourth-order valence-corrected chi connectivity index (χ4v) is 4.39. The van der Waals surface area contributed by atoms with Crippen molar-refractivity contribution in [2.45, 2.75) is 11.8 Å². The lowest BCUT2D eigenvalue weighted by Crippen LogP contribution is -2.13. The lowest BCUT2D eigenvalue weighted by molar-refractivity contribution is 0.400. The van der Waals surface area contributed by atoms with Crippen molar-refractivity contribution in [3.8, 4) is 11.3 Å². The zero-order valence-electron chi connectivity index (χ0n) is 15.1. The van der Waals surface area contributed by atoms with Crippen LogP contribution in [0.2, 0.25) is 5.02 Å². The Bertz CT molecular complexity index is 1230. The van der Waals surface area contributed by atoms with Crippen molar-refractivity contribution >= 4 is 49.6 Å². The summed E-state index contributed by atoms with van der Waals surface area (Å²) < 4.78 is 32.1. The van der Waals surface area contributed by atoms with E-state index in [2.05, 4.69) is 20.2 Å². The first-order valence-electron chi connectivity index (χ1n) is 8.44. The molecule has 7 nitrogen and oxygen atoms in total. The molecule has 2 heterocycles. The Kier molecular flexibility index (Phi) is 5.27. The van der Waals surface area contributed by atoms with Crippen LogP contribution >= 0.6 is 22.9 Å². The molecule has 0 unspecified atom stereocenters. The molecule has 0 atom stereocenters. The van der Waals surface area contributed by atoms with Gasteiger partial charge in [-0.15, -0.1) is 11.3 Å². The number of thiazole rings is 1. The molecule has 0 bridgehead atoms. The van der Waals surface area contributed by atoms with Crippen LogP contribution in [0.15, 0.2) is 69.4 Å². The largest absolute Gasteiger partial charge is 0.360 e. The summed E-state index contributed by atoms with van der Waals surface area (Å²) in [7, 11) is -3.75. The van der Waals surface area contributed by atoms with Gasteiger partial charge in [0, 0.05) is 27.7 Å². The highest BCUT2D eigenvalue weighted by molar-refractivity contribution is 7.92. The number of aryl methyl sites for hydroxylation is 1. The number of hydrogen-bond acceptors (Lipinski definition) is 7. The van der Waals surface area contributed by atoms with Gasteiger partial charge in [0.15, 0.2) is 10.9 Å². The second-order valence-electron chi connectivity index (χ2n) is 6.12. The monoisotopic (exact) mass is 446 g/mol. The third-order valence-electron chi connectivity index (χ3n) is 3.93. The Balaban J connectivity index is 1.46. The zero-order chi connectivity index (χ0) is 20.4. The van der Waals surface area contributed by atoms with Gasteiger partial charge in [-0.1, -0.05) is 28.9 Å². The molecule has 2 aromatic heterocycles. The van der Waals surface area contributed by atoms with Crippen LogP contribution in [0.5, 0.6) is 0 Å². The molecule has 0 fully saturated rings. The molecule has 10 heteroatoms. The van der Waals surface area contributed by atoms with E-state index in [1.54, 1.807) is 19.1 Å². The number of hydrogen-bond donors (Lipinski definition) is 2. The van der Waals surface area contributed by atoms with Crippen molar-refractivity contribution in [1.82, 2.24) is 10.1 Å². The summed E-state index contributed by atoms with van der Waals surface area (Å²) >= 11 is 7.37. The molecule has 0 saturated heterocycles. The smallest absolute Gasteiger partial charge is 0.263 e. The highest BCUT2D eigenvalue weighted by Crippen LogP contribution is 2.28. The van der Waals surface area contributed by atoms with Crippen LogP contribution < -0.4 is 10.0 Å². The Labute approximate surface area is 176 Å². The van der Waals surface area contributed by atoms with Crippen LogP contribution in [0.3, 0.4) is 0 Å². The van der Waals surface area contributed by atoms with Gasteiger partial charge in [-0.05, 0) is 43.3 Å². The average Bonchev–Trinajstić information content (AvgIpc) is 3.31. The second kappa shape index (κ2) is 7.86. The second-order valence-corrected chi connectivity index (χ2v) is 9.10. The molecule has 0 saturated carbocycles. The summed E-state index contributed by atoms with van der Waals surface area (Å²) in [5, 5.41) is 10.1. The minimum absolute atomic E-state index is 0.115. The molecule has 148 valence electrons. The first-order chi connectivity index (χ1) is 13.9. The maximum absolute atomic E-state index is 12.4. The normalized spacial score (nSPS) is 11.4. The van der Waals surface area contributed by atoms with Crippen molar-refractivity contribution in [2.75, 3.05) is 10.0 Å². The standard InChI is InChI=1S/C19H15ClN4O3S2/c1-12-10-18(23-27-12)24-29(25,26)16-8-6-15(7-9-16)21-19-22-17(11-28-19)13-2-4-14(20)5-3-13/h2-11H,1H3,(H,21,22)(H,23,24). The van der Waals surface area contributed by atoms with Gasteiger partial charge in [-0.2, -0.15) is 0 Å². The number of nitrogens with zero attached hydrogens (tertiary/aromatic N) is 2. The molecular weight excluding hydrogens is 432 g/mol. The van der Waals surface area contributed by atoms with Gasteiger partial charge >= 0.3 is 0 Å².